The largest absolute Gasteiger partial charge is 0.497 e. The number of hydrogen-bond acceptors (Lipinski definition) is 6. The molecule has 0 atom stereocenters. The molecule has 24 heavy (non-hydrogen) atoms. The van der Waals surface area contributed by atoms with Crippen LogP contribution in [-0.4, -0.2) is 33.0 Å². The summed E-state index contributed by atoms with van der Waals surface area (Å²) in [6.45, 7) is 2.48. The van der Waals surface area contributed by atoms with Gasteiger partial charge < -0.3 is 10.1 Å². The van der Waals surface area contributed by atoms with Crippen molar-refractivity contribution in [3.63, 3.8) is 0 Å². The van der Waals surface area contributed by atoms with Gasteiger partial charge in [0.25, 0.3) is 0 Å². The highest BCUT2D eigenvalue weighted by atomic mass is 32.1. The van der Waals surface area contributed by atoms with E-state index in [0.29, 0.717) is 18.1 Å². The van der Waals surface area contributed by atoms with E-state index in [9.17, 15) is 4.79 Å². The van der Waals surface area contributed by atoms with Gasteiger partial charge in [-0.1, -0.05) is 5.21 Å². The Kier molecular flexibility index (Phi) is 4.85. The van der Waals surface area contributed by atoms with E-state index in [4.69, 9.17) is 4.74 Å². The maximum atomic E-state index is 12.0. The van der Waals surface area contributed by atoms with E-state index >= 15 is 0 Å². The number of ether oxygens (including phenoxy) is 1. The molecule has 1 N–H and O–H groups in total. The second kappa shape index (κ2) is 7.22. The van der Waals surface area contributed by atoms with Gasteiger partial charge in [0.05, 0.1) is 25.5 Å². The molecule has 7 nitrogen and oxygen atoms in total. The van der Waals surface area contributed by atoms with Crippen molar-refractivity contribution >= 4 is 22.4 Å². The lowest BCUT2D eigenvalue weighted by Gasteiger charge is -2.02. The zero-order chi connectivity index (χ0) is 16.9. The Morgan fingerprint density at radius 1 is 1.33 bits per heavy atom. The summed E-state index contributed by atoms with van der Waals surface area (Å²) in [6, 6.07) is 7.70. The van der Waals surface area contributed by atoms with Gasteiger partial charge in [0.15, 0.2) is 5.13 Å². The molecule has 0 fully saturated rings. The van der Waals surface area contributed by atoms with Crippen molar-refractivity contribution in [1.29, 1.82) is 0 Å². The van der Waals surface area contributed by atoms with Gasteiger partial charge in [0.1, 0.15) is 5.75 Å². The molecule has 124 valence electrons. The van der Waals surface area contributed by atoms with Crippen LogP contribution < -0.4 is 10.1 Å². The van der Waals surface area contributed by atoms with Crippen LogP contribution in [0.5, 0.6) is 5.75 Å². The number of rotatable bonds is 6. The number of benzene rings is 1. The van der Waals surface area contributed by atoms with Crippen molar-refractivity contribution in [2.45, 2.75) is 19.9 Å². The maximum Gasteiger partial charge on any atom is 0.228 e. The number of nitrogens with zero attached hydrogens (tertiary/aromatic N) is 4. The maximum absolute atomic E-state index is 12.0. The lowest BCUT2D eigenvalue weighted by molar-refractivity contribution is -0.116. The fourth-order valence-corrected chi connectivity index (χ4v) is 3.07. The molecule has 0 radical (unpaired) electrons. The van der Waals surface area contributed by atoms with Crippen LogP contribution in [0.3, 0.4) is 0 Å². The number of amides is 1. The average molecular weight is 343 g/mol. The van der Waals surface area contributed by atoms with Gasteiger partial charge in [0.2, 0.25) is 5.91 Å². The highest BCUT2D eigenvalue weighted by Crippen LogP contribution is 2.31. The van der Waals surface area contributed by atoms with E-state index in [-0.39, 0.29) is 5.91 Å². The molecule has 3 aromatic rings. The molecule has 0 saturated carbocycles. The van der Waals surface area contributed by atoms with Crippen molar-refractivity contribution in [3.8, 4) is 17.0 Å². The summed E-state index contributed by atoms with van der Waals surface area (Å²) in [7, 11) is 1.63. The predicted molar refractivity (Wildman–Crippen MR) is 92.1 cm³/mol. The van der Waals surface area contributed by atoms with E-state index in [0.717, 1.165) is 21.9 Å². The Hall–Kier alpha value is -2.74. The van der Waals surface area contributed by atoms with E-state index < -0.39 is 0 Å². The number of methoxy groups -OCH3 is 1. The molecule has 2 aromatic heterocycles. The van der Waals surface area contributed by atoms with Crippen LogP contribution in [0.1, 0.15) is 11.3 Å². The number of carbonyl (C=O) groups is 1. The molecular weight excluding hydrogens is 326 g/mol. The minimum Gasteiger partial charge on any atom is -0.497 e. The Labute approximate surface area is 143 Å². The van der Waals surface area contributed by atoms with Gasteiger partial charge in [-0.15, -0.1) is 16.4 Å². The van der Waals surface area contributed by atoms with Gasteiger partial charge in [-0.05, 0) is 31.2 Å². The quantitative estimate of drug-likeness (QED) is 0.744. The van der Waals surface area contributed by atoms with Crippen LogP contribution in [0.4, 0.5) is 5.13 Å². The number of anilines is 1. The molecule has 0 spiro atoms. The molecule has 0 aliphatic carbocycles. The third-order valence-corrected chi connectivity index (χ3v) is 4.33. The molecule has 2 heterocycles. The molecule has 3 rings (SSSR count). The van der Waals surface area contributed by atoms with Gasteiger partial charge in [-0.3, -0.25) is 9.48 Å². The second-order valence-corrected chi connectivity index (χ2v) is 6.32. The first-order valence-corrected chi connectivity index (χ1v) is 8.23. The molecule has 1 aromatic carbocycles. The summed E-state index contributed by atoms with van der Waals surface area (Å²) in [4.78, 5) is 17.6. The number of aryl methyl sites for hydroxylation is 2. The van der Waals surface area contributed by atoms with Crippen LogP contribution in [0.25, 0.3) is 11.3 Å². The van der Waals surface area contributed by atoms with Crippen molar-refractivity contribution in [2.75, 3.05) is 12.4 Å². The smallest absolute Gasteiger partial charge is 0.228 e. The molecular formula is C16H17N5O2S. The Bertz CT molecular complexity index is 812. The SMILES string of the molecule is COc1ccc(-c2nc(NC(=O)CCn3ccnn3)sc2C)cc1. The van der Waals surface area contributed by atoms with Gasteiger partial charge in [0, 0.05) is 23.1 Å². The van der Waals surface area contributed by atoms with Crippen molar-refractivity contribution in [3.05, 3.63) is 41.5 Å². The zero-order valence-electron chi connectivity index (χ0n) is 13.4. The first kappa shape index (κ1) is 16.1. The molecule has 8 heteroatoms. The normalized spacial score (nSPS) is 10.6. The van der Waals surface area contributed by atoms with Crippen LogP contribution in [-0.2, 0) is 11.3 Å². The predicted octanol–water partition coefficient (Wildman–Crippen LogP) is 2.75. The minimum atomic E-state index is -0.0967. The van der Waals surface area contributed by atoms with Crippen LogP contribution in [0.15, 0.2) is 36.7 Å². The molecule has 0 unspecified atom stereocenters. The van der Waals surface area contributed by atoms with Crippen molar-refractivity contribution in [2.24, 2.45) is 0 Å². The Morgan fingerprint density at radius 2 is 2.12 bits per heavy atom. The molecule has 0 aliphatic rings. The fraction of sp³-hybridized carbons (Fsp3) is 0.250. The summed E-state index contributed by atoms with van der Waals surface area (Å²) in [6.07, 6.45) is 3.63. The van der Waals surface area contributed by atoms with Gasteiger partial charge in [-0.25, -0.2) is 4.98 Å². The third-order valence-electron chi connectivity index (χ3n) is 3.45. The number of thiazole rings is 1. The number of aromatic nitrogens is 4. The Balaban J connectivity index is 1.65. The molecule has 0 saturated heterocycles. The number of hydrogen-bond donors (Lipinski definition) is 1. The van der Waals surface area contributed by atoms with E-state index in [1.165, 1.54) is 11.3 Å². The van der Waals surface area contributed by atoms with E-state index in [1.54, 1.807) is 24.2 Å². The van der Waals surface area contributed by atoms with Crippen LogP contribution in [0, 0.1) is 6.92 Å². The summed E-state index contributed by atoms with van der Waals surface area (Å²) in [5, 5.41) is 11.0. The van der Waals surface area contributed by atoms with E-state index in [1.807, 2.05) is 31.2 Å². The van der Waals surface area contributed by atoms with E-state index in [2.05, 4.69) is 20.6 Å². The summed E-state index contributed by atoms with van der Waals surface area (Å²) >= 11 is 1.46. The number of carbonyl (C=O) groups excluding carboxylic acids is 1. The lowest BCUT2D eigenvalue weighted by atomic mass is 10.1. The molecule has 0 bridgehead atoms. The van der Waals surface area contributed by atoms with Crippen molar-refractivity contribution < 1.29 is 9.53 Å². The standard InChI is InChI=1S/C16H17N5O2S/c1-11-15(12-3-5-13(23-2)6-4-12)19-16(24-11)18-14(22)7-9-21-10-8-17-20-21/h3-6,8,10H,7,9H2,1-2H3,(H,18,19,22). The first-order chi connectivity index (χ1) is 11.7. The third kappa shape index (κ3) is 3.77. The zero-order valence-corrected chi connectivity index (χ0v) is 14.2. The monoisotopic (exact) mass is 343 g/mol. The second-order valence-electron chi connectivity index (χ2n) is 5.12. The highest BCUT2D eigenvalue weighted by Gasteiger charge is 2.12. The van der Waals surface area contributed by atoms with Gasteiger partial charge >= 0.3 is 0 Å². The van der Waals surface area contributed by atoms with Crippen LogP contribution in [0.2, 0.25) is 0 Å². The summed E-state index contributed by atoms with van der Waals surface area (Å²) in [5.74, 6) is 0.703. The fourth-order valence-electron chi connectivity index (χ4n) is 2.22. The molecule has 0 aliphatic heterocycles. The van der Waals surface area contributed by atoms with Crippen LogP contribution >= 0.6 is 11.3 Å². The highest BCUT2D eigenvalue weighted by molar-refractivity contribution is 7.16. The molecule has 1 amide bonds. The average Bonchev–Trinajstić information content (AvgIpc) is 3.23. The number of nitrogens with one attached hydrogen (secondary N) is 1. The first-order valence-electron chi connectivity index (χ1n) is 7.41. The van der Waals surface area contributed by atoms with Gasteiger partial charge in [-0.2, -0.15) is 0 Å². The summed E-state index contributed by atoms with van der Waals surface area (Å²) < 4.78 is 6.78. The Morgan fingerprint density at radius 3 is 2.79 bits per heavy atom. The lowest BCUT2D eigenvalue weighted by Crippen LogP contribution is -2.14. The topological polar surface area (TPSA) is 81.9 Å². The minimum absolute atomic E-state index is 0.0967. The summed E-state index contributed by atoms with van der Waals surface area (Å²) in [5.41, 5.74) is 1.86. The van der Waals surface area contributed by atoms with Crippen molar-refractivity contribution in [1.82, 2.24) is 20.0 Å².